The molecule has 1 atom stereocenters. The smallest absolute Gasteiger partial charge is 0.122 e. The third-order valence-corrected chi connectivity index (χ3v) is 4.51. The Hall–Kier alpha value is -1.06. The molecule has 1 aromatic rings. The first kappa shape index (κ1) is 13.9. The van der Waals surface area contributed by atoms with E-state index < -0.39 is 0 Å². The Bertz CT molecular complexity index is 456. The molecule has 3 heteroatoms. The van der Waals surface area contributed by atoms with Crippen LogP contribution in [0.1, 0.15) is 49.8 Å². The van der Waals surface area contributed by atoms with Crippen molar-refractivity contribution in [2.24, 2.45) is 5.73 Å². The number of nitrogens with zero attached hydrogens (tertiary/aromatic N) is 1. The highest BCUT2D eigenvalue weighted by Crippen LogP contribution is 2.36. The Morgan fingerprint density at radius 3 is 2.95 bits per heavy atom. The molecule has 1 unspecified atom stereocenters. The molecule has 0 spiro atoms. The largest absolute Gasteiger partial charge is 0.493 e. The van der Waals surface area contributed by atoms with Crippen LogP contribution in [0.4, 0.5) is 0 Å². The van der Waals surface area contributed by atoms with Gasteiger partial charge in [0.25, 0.3) is 0 Å². The summed E-state index contributed by atoms with van der Waals surface area (Å²) in [7, 11) is 0. The van der Waals surface area contributed by atoms with Gasteiger partial charge in [0.1, 0.15) is 5.75 Å². The van der Waals surface area contributed by atoms with Gasteiger partial charge in [-0.3, -0.25) is 4.90 Å². The van der Waals surface area contributed by atoms with E-state index in [1.807, 2.05) is 0 Å². The number of benzene rings is 1. The van der Waals surface area contributed by atoms with Gasteiger partial charge in [0.15, 0.2) is 0 Å². The highest BCUT2D eigenvalue weighted by molar-refractivity contribution is 5.41. The van der Waals surface area contributed by atoms with Crippen molar-refractivity contribution < 1.29 is 4.74 Å². The Morgan fingerprint density at radius 1 is 1.40 bits per heavy atom. The maximum Gasteiger partial charge on any atom is 0.122 e. The molecule has 0 aromatic heterocycles. The fraction of sp³-hybridized carbons (Fsp3) is 0.647. The van der Waals surface area contributed by atoms with Crippen molar-refractivity contribution in [3.05, 3.63) is 29.3 Å². The first-order chi connectivity index (χ1) is 9.83. The zero-order valence-corrected chi connectivity index (χ0v) is 12.5. The SMILES string of the molecule is CCCCN(C1CC1)C(CN)c1ccc2c(c1)CCO2. The molecule has 0 radical (unpaired) electrons. The predicted molar refractivity (Wildman–Crippen MR) is 82.1 cm³/mol. The lowest BCUT2D eigenvalue weighted by Crippen LogP contribution is -2.36. The molecule has 1 aliphatic carbocycles. The lowest BCUT2D eigenvalue weighted by atomic mass is 10.0. The average molecular weight is 274 g/mol. The molecular formula is C17H26N2O. The minimum Gasteiger partial charge on any atom is -0.493 e. The standard InChI is InChI=1S/C17H26N2O/c1-2-3-9-19(15-5-6-15)16(12-18)13-4-7-17-14(11-13)8-10-20-17/h4,7,11,15-16H,2-3,5-6,8-10,12,18H2,1H3. The summed E-state index contributed by atoms with van der Waals surface area (Å²) in [5.41, 5.74) is 8.84. The molecule has 1 aliphatic heterocycles. The maximum atomic E-state index is 6.12. The van der Waals surface area contributed by atoms with Gasteiger partial charge < -0.3 is 10.5 Å². The zero-order chi connectivity index (χ0) is 13.9. The van der Waals surface area contributed by atoms with Crippen LogP contribution < -0.4 is 10.5 Å². The van der Waals surface area contributed by atoms with E-state index in [9.17, 15) is 0 Å². The Labute approximate surface area is 122 Å². The Morgan fingerprint density at radius 2 is 2.25 bits per heavy atom. The molecule has 3 rings (SSSR count). The highest BCUT2D eigenvalue weighted by Gasteiger charge is 2.33. The molecule has 1 heterocycles. The summed E-state index contributed by atoms with van der Waals surface area (Å²) >= 11 is 0. The van der Waals surface area contributed by atoms with Gasteiger partial charge in [-0.15, -0.1) is 0 Å². The lowest BCUT2D eigenvalue weighted by molar-refractivity contribution is 0.188. The van der Waals surface area contributed by atoms with Gasteiger partial charge in [0.05, 0.1) is 6.61 Å². The van der Waals surface area contributed by atoms with E-state index in [-0.39, 0.29) is 0 Å². The van der Waals surface area contributed by atoms with E-state index in [2.05, 4.69) is 30.0 Å². The molecule has 20 heavy (non-hydrogen) atoms. The van der Waals surface area contributed by atoms with E-state index in [0.29, 0.717) is 12.6 Å². The Balaban J connectivity index is 1.80. The predicted octanol–water partition coefficient (Wildman–Crippen LogP) is 2.89. The van der Waals surface area contributed by atoms with E-state index >= 15 is 0 Å². The number of unbranched alkanes of at least 4 members (excludes halogenated alkanes) is 1. The third-order valence-electron chi connectivity index (χ3n) is 4.51. The van der Waals surface area contributed by atoms with Gasteiger partial charge in [0.2, 0.25) is 0 Å². The molecule has 0 bridgehead atoms. The van der Waals surface area contributed by atoms with Crippen molar-refractivity contribution in [2.45, 2.75) is 51.1 Å². The van der Waals surface area contributed by atoms with Crippen LogP contribution >= 0.6 is 0 Å². The van der Waals surface area contributed by atoms with Crippen LogP contribution in [0.2, 0.25) is 0 Å². The van der Waals surface area contributed by atoms with Crippen molar-refractivity contribution in [2.75, 3.05) is 19.7 Å². The first-order valence-electron chi connectivity index (χ1n) is 8.05. The van der Waals surface area contributed by atoms with Gasteiger partial charge >= 0.3 is 0 Å². The number of rotatable bonds is 7. The summed E-state index contributed by atoms with van der Waals surface area (Å²) in [6, 6.07) is 7.80. The fourth-order valence-electron chi connectivity index (χ4n) is 3.22. The van der Waals surface area contributed by atoms with Crippen molar-refractivity contribution in [1.29, 1.82) is 0 Å². The summed E-state index contributed by atoms with van der Waals surface area (Å²) in [5.74, 6) is 1.07. The normalized spacial score (nSPS) is 18.9. The molecule has 1 fully saturated rings. The topological polar surface area (TPSA) is 38.5 Å². The van der Waals surface area contributed by atoms with Crippen LogP contribution in [-0.4, -0.2) is 30.6 Å². The van der Waals surface area contributed by atoms with Crippen LogP contribution in [-0.2, 0) is 6.42 Å². The molecule has 0 amide bonds. The van der Waals surface area contributed by atoms with E-state index in [1.54, 1.807) is 0 Å². The second-order valence-electron chi connectivity index (χ2n) is 6.04. The van der Waals surface area contributed by atoms with Crippen molar-refractivity contribution in [3.63, 3.8) is 0 Å². The van der Waals surface area contributed by atoms with Crippen molar-refractivity contribution >= 4 is 0 Å². The summed E-state index contributed by atoms with van der Waals surface area (Å²) in [6.07, 6.45) is 6.24. The maximum absolute atomic E-state index is 6.12. The quantitative estimate of drug-likeness (QED) is 0.831. The minimum absolute atomic E-state index is 0.375. The van der Waals surface area contributed by atoms with Crippen LogP contribution in [0.15, 0.2) is 18.2 Å². The van der Waals surface area contributed by atoms with E-state index in [0.717, 1.165) is 24.8 Å². The second-order valence-corrected chi connectivity index (χ2v) is 6.04. The number of fused-ring (bicyclic) bond motifs is 1. The fourth-order valence-corrected chi connectivity index (χ4v) is 3.22. The van der Waals surface area contributed by atoms with Crippen LogP contribution in [0.3, 0.4) is 0 Å². The first-order valence-corrected chi connectivity index (χ1v) is 8.05. The number of hydrogen-bond acceptors (Lipinski definition) is 3. The molecule has 110 valence electrons. The van der Waals surface area contributed by atoms with Gasteiger partial charge in [-0.1, -0.05) is 25.5 Å². The molecular weight excluding hydrogens is 248 g/mol. The molecule has 0 saturated heterocycles. The van der Waals surface area contributed by atoms with E-state index in [1.165, 1.54) is 43.4 Å². The second kappa shape index (κ2) is 6.15. The average Bonchev–Trinajstić information content (AvgIpc) is 3.20. The van der Waals surface area contributed by atoms with Gasteiger partial charge in [-0.2, -0.15) is 0 Å². The minimum atomic E-state index is 0.375. The molecule has 3 nitrogen and oxygen atoms in total. The number of ether oxygens (including phenoxy) is 1. The number of nitrogens with two attached hydrogens (primary N) is 1. The van der Waals surface area contributed by atoms with Crippen molar-refractivity contribution in [3.8, 4) is 5.75 Å². The van der Waals surface area contributed by atoms with Crippen LogP contribution in [0.5, 0.6) is 5.75 Å². The molecule has 1 aromatic carbocycles. The zero-order valence-electron chi connectivity index (χ0n) is 12.5. The van der Waals surface area contributed by atoms with Crippen LogP contribution in [0, 0.1) is 0 Å². The molecule has 2 aliphatic rings. The summed E-state index contributed by atoms with van der Waals surface area (Å²) in [6.45, 7) is 4.97. The molecule has 1 saturated carbocycles. The Kier molecular flexibility index (Phi) is 4.27. The third kappa shape index (κ3) is 2.84. The lowest BCUT2D eigenvalue weighted by Gasteiger charge is -2.31. The summed E-state index contributed by atoms with van der Waals surface area (Å²) < 4.78 is 5.61. The highest BCUT2D eigenvalue weighted by atomic mass is 16.5. The monoisotopic (exact) mass is 274 g/mol. The summed E-state index contributed by atoms with van der Waals surface area (Å²) in [4.78, 5) is 2.64. The van der Waals surface area contributed by atoms with Gasteiger partial charge in [-0.25, -0.2) is 0 Å². The van der Waals surface area contributed by atoms with Gasteiger partial charge in [-0.05, 0) is 43.0 Å². The van der Waals surface area contributed by atoms with Gasteiger partial charge in [0, 0.05) is 25.0 Å². The van der Waals surface area contributed by atoms with E-state index in [4.69, 9.17) is 10.5 Å². The van der Waals surface area contributed by atoms with Crippen LogP contribution in [0.25, 0.3) is 0 Å². The number of hydrogen-bond donors (Lipinski definition) is 1. The summed E-state index contributed by atoms with van der Waals surface area (Å²) in [5, 5.41) is 0. The molecule has 2 N–H and O–H groups in total. The van der Waals surface area contributed by atoms with Crippen molar-refractivity contribution in [1.82, 2.24) is 4.90 Å².